The van der Waals surface area contributed by atoms with Crippen molar-refractivity contribution in [1.29, 1.82) is 5.26 Å². The molecule has 96 valence electrons. The van der Waals surface area contributed by atoms with Crippen molar-refractivity contribution < 1.29 is 12.6 Å². The Bertz CT molecular complexity index is 686. The van der Waals surface area contributed by atoms with Gasteiger partial charge in [0.15, 0.2) is 0 Å². The zero-order valence-electron chi connectivity index (χ0n) is 9.98. The van der Waals surface area contributed by atoms with Crippen molar-refractivity contribution in [3.8, 4) is 11.8 Å². The molecule has 0 unspecified atom stereocenters. The minimum Gasteiger partial charge on any atom is -0.382 e. The van der Waals surface area contributed by atoms with Gasteiger partial charge in [-0.2, -0.15) is 13.7 Å². The Balaban J connectivity index is 2.11. The van der Waals surface area contributed by atoms with E-state index in [1.807, 2.05) is 12.1 Å². The van der Waals surface area contributed by atoms with Crippen LogP contribution >= 0.6 is 0 Å². The molecule has 2 aromatic carbocycles. The SMILES string of the molecule is N#Cc1ccc(OS(=O)(=O)Cc2ccccc2)cc1. The van der Waals surface area contributed by atoms with Crippen molar-refractivity contribution in [2.45, 2.75) is 5.75 Å². The summed E-state index contributed by atoms with van der Waals surface area (Å²) in [7, 11) is -3.69. The van der Waals surface area contributed by atoms with Gasteiger partial charge in [0, 0.05) is 0 Å². The van der Waals surface area contributed by atoms with E-state index in [0.717, 1.165) is 0 Å². The van der Waals surface area contributed by atoms with Gasteiger partial charge in [-0.15, -0.1) is 0 Å². The van der Waals surface area contributed by atoms with Crippen molar-refractivity contribution >= 4 is 10.1 Å². The van der Waals surface area contributed by atoms with E-state index in [0.29, 0.717) is 11.1 Å². The van der Waals surface area contributed by atoms with E-state index in [-0.39, 0.29) is 11.5 Å². The van der Waals surface area contributed by atoms with E-state index in [2.05, 4.69) is 0 Å². The monoisotopic (exact) mass is 273 g/mol. The van der Waals surface area contributed by atoms with E-state index >= 15 is 0 Å². The largest absolute Gasteiger partial charge is 0.382 e. The van der Waals surface area contributed by atoms with Gasteiger partial charge in [-0.05, 0) is 29.8 Å². The van der Waals surface area contributed by atoms with E-state index in [1.165, 1.54) is 24.3 Å². The van der Waals surface area contributed by atoms with E-state index in [9.17, 15) is 8.42 Å². The molecule has 0 radical (unpaired) electrons. The predicted octanol–water partition coefficient (Wildman–Crippen LogP) is 2.47. The Labute approximate surface area is 112 Å². The van der Waals surface area contributed by atoms with E-state index in [1.54, 1.807) is 24.3 Å². The standard InChI is InChI=1S/C14H11NO3S/c15-10-12-6-8-14(9-7-12)18-19(16,17)11-13-4-2-1-3-5-13/h1-9H,11H2. The van der Waals surface area contributed by atoms with Gasteiger partial charge in [-0.25, -0.2) is 0 Å². The smallest absolute Gasteiger partial charge is 0.313 e. The maximum absolute atomic E-state index is 11.8. The van der Waals surface area contributed by atoms with Gasteiger partial charge in [0.1, 0.15) is 11.5 Å². The summed E-state index contributed by atoms with van der Waals surface area (Å²) in [4.78, 5) is 0. The second-order valence-electron chi connectivity index (χ2n) is 3.91. The van der Waals surface area contributed by atoms with Crippen LogP contribution in [0.4, 0.5) is 0 Å². The molecule has 0 N–H and O–H groups in total. The minimum atomic E-state index is -3.69. The lowest BCUT2D eigenvalue weighted by atomic mass is 10.2. The summed E-state index contributed by atoms with van der Waals surface area (Å²) >= 11 is 0. The topological polar surface area (TPSA) is 67.2 Å². The molecular weight excluding hydrogens is 262 g/mol. The number of hydrogen-bond donors (Lipinski definition) is 0. The maximum atomic E-state index is 11.8. The molecular formula is C14H11NO3S. The van der Waals surface area contributed by atoms with Crippen LogP contribution in [0.2, 0.25) is 0 Å². The normalized spacial score (nSPS) is 10.7. The summed E-state index contributed by atoms with van der Waals surface area (Å²) in [6, 6.07) is 16.7. The first-order valence-corrected chi connectivity index (χ1v) is 7.13. The first kappa shape index (κ1) is 13.1. The maximum Gasteiger partial charge on any atom is 0.313 e. The van der Waals surface area contributed by atoms with Crippen LogP contribution in [0.5, 0.6) is 5.75 Å². The van der Waals surface area contributed by atoms with Crippen LogP contribution in [0.1, 0.15) is 11.1 Å². The van der Waals surface area contributed by atoms with Crippen LogP contribution in [-0.4, -0.2) is 8.42 Å². The number of nitriles is 1. The van der Waals surface area contributed by atoms with Gasteiger partial charge < -0.3 is 4.18 Å². The Kier molecular flexibility index (Phi) is 3.83. The summed E-state index contributed by atoms with van der Waals surface area (Å²) in [5.74, 6) is 0.0170. The average molecular weight is 273 g/mol. The Hall–Kier alpha value is -2.32. The van der Waals surface area contributed by atoms with Crippen LogP contribution in [0.25, 0.3) is 0 Å². The summed E-state index contributed by atoms with van der Waals surface area (Å²) in [6.07, 6.45) is 0. The first-order chi connectivity index (χ1) is 9.09. The molecule has 0 amide bonds. The fraction of sp³-hybridized carbons (Fsp3) is 0.0714. The lowest BCUT2D eigenvalue weighted by molar-refractivity contribution is 0.485. The van der Waals surface area contributed by atoms with Crippen molar-refractivity contribution in [2.24, 2.45) is 0 Å². The van der Waals surface area contributed by atoms with Crippen molar-refractivity contribution in [2.75, 3.05) is 0 Å². The predicted molar refractivity (Wildman–Crippen MR) is 70.9 cm³/mol. The quantitative estimate of drug-likeness (QED) is 0.802. The lowest BCUT2D eigenvalue weighted by Crippen LogP contribution is -2.12. The minimum absolute atomic E-state index is 0.187. The highest BCUT2D eigenvalue weighted by Gasteiger charge is 2.13. The van der Waals surface area contributed by atoms with Crippen molar-refractivity contribution in [3.63, 3.8) is 0 Å². The zero-order valence-corrected chi connectivity index (χ0v) is 10.8. The Morgan fingerprint density at radius 2 is 1.63 bits per heavy atom. The van der Waals surface area contributed by atoms with Crippen molar-refractivity contribution in [3.05, 3.63) is 65.7 Å². The van der Waals surface area contributed by atoms with Gasteiger partial charge in [-0.3, -0.25) is 0 Å². The third kappa shape index (κ3) is 3.83. The van der Waals surface area contributed by atoms with E-state index in [4.69, 9.17) is 9.44 Å². The summed E-state index contributed by atoms with van der Waals surface area (Å²) < 4.78 is 28.6. The fourth-order valence-electron chi connectivity index (χ4n) is 1.54. The molecule has 0 fully saturated rings. The molecule has 4 nitrogen and oxygen atoms in total. The summed E-state index contributed by atoms with van der Waals surface area (Å²) in [5.41, 5.74) is 1.11. The van der Waals surface area contributed by atoms with Crippen LogP contribution in [0.3, 0.4) is 0 Å². The second kappa shape index (κ2) is 5.55. The molecule has 19 heavy (non-hydrogen) atoms. The second-order valence-corrected chi connectivity index (χ2v) is 5.48. The number of hydrogen-bond acceptors (Lipinski definition) is 4. The molecule has 0 aromatic heterocycles. The molecule has 5 heteroatoms. The highest BCUT2D eigenvalue weighted by atomic mass is 32.2. The molecule has 0 aliphatic carbocycles. The third-order valence-electron chi connectivity index (χ3n) is 2.39. The van der Waals surface area contributed by atoms with Crippen LogP contribution in [0, 0.1) is 11.3 Å². The Morgan fingerprint density at radius 3 is 2.21 bits per heavy atom. The van der Waals surface area contributed by atoms with Crippen molar-refractivity contribution in [1.82, 2.24) is 0 Å². The molecule has 2 aromatic rings. The Morgan fingerprint density at radius 1 is 1.00 bits per heavy atom. The molecule has 0 bridgehead atoms. The molecule has 0 heterocycles. The summed E-state index contributed by atoms with van der Waals surface area (Å²) in [5, 5.41) is 8.65. The number of benzene rings is 2. The van der Waals surface area contributed by atoms with Crippen LogP contribution < -0.4 is 4.18 Å². The molecule has 0 saturated heterocycles. The van der Waals surface area contributed by atoms with Gasteiger partial charge in [0.25, 0.3) is 0 Å². The molecule has 2 rings (SSSR count). The molecule has 0 atom stereocenters. The van der Waals surface area contributed by atoms with Gasteiger partial charge in [-0.1, -0.05) is 30.3 Å². The molecule has 0 aliphatic rings. The average Bonchev–Trinajstić information content (AvgIpc) is 2.39. The zero-order chi connectivity index (χ0) is 13.7. The lowest BCUT2D eigenvalue weighted by Gasteiger charge is -2.06. The number of nitrogens with zero attached hydrogens (tertiary/aromatic N) is 1. The number of rotatable bonds is 4. The van der Waals surface area contributed by atoms with E-state index < -0.39 is 10.1 Å². The first-order valence-electron chi connectivity index (χ1n) is 5.55. The highest BCUT2D eigenvalue weighted by Crippen LogP contribution is 2.16. The fourth-order valence-corrected chi connectivity index (χ4v) is 2.60. The van der Waals surface area contributed by atoms with Crippen LogP contribution in [0.15, 0.2) is 54.6 Å². The van der Waals surface area contributed by atoms with Gasteiger partial charge in [0.05, 0.1) is 11.6 Å². The van der Waals surface area contributed by atoms with Gasteiger partial charge >= 0.3 is 10.1 Å². The third-order valence-corrected chi connectivity index (χ3v) is 3.53. The summed E-state index contributed by atoms with van der Waals surface area (Å²) in [6.45, 7) is 0. The van der Waals surface area contributed by atoms with Crippen LogP contribution in [-0.2, 0) is 15.9 Å². The molecule has 0 aliphatic heterocycles. The molecule has 0 spiro atoms. The highest BCUT2D eigenvalue weighted by molar-refractivity contribution is 7.86. The van der Waals surface area contributed by atoms with Gasteiger partial charge in [0.2, 0.25) is 0 Å². The molecule has 0 saturated carbocycles.